The normalized spacial score (nSPS) is 11.5. The molecule has 0 aliphatic rings. The van der Waals surface area contributed by atoms with Gasteiger partial charge in [-0.25, -0.2) is 13.1 Å². The zero-order valence-electron chi connectivity index (χ0n) is 18.1. The van der Waals surface area contributed by atoms with Gasteiger partial charge in [0.15, 0.2) is 0 Å². The number of ether oxygens (including phenoxy) is 1. The minimum atomic E-state index is -4.04. The van der Waals surface area contributed by atoms with Gasteiger partial charge < -0.3 is 9.30 Å². The molecule has 176 valence electrons. The Kier molecular flexibility index (Phi) is 7.60. The number of carbonyl (C=O) groups excluding carboxylic acids is 1. The van der Waals surface area contributed by atoms with Crippen molar-refractivity contribution >= 4 is 54.4 Å². The molecule has 0 atom stereocenters. The Morgan fingerprint density at radius 2 is 1.76 bits per heavy atom. The molecule has 1 aromatic heterocycles. The largest absolute Gasteiger partial charge is 0.494 e. The fraction of sp³-hybridized carbons (Fsp3) is 0.160. The maximum Gasteiger partial charge on any atom is 0.281 e. The number of aryl methyl sites for hydroxylation is 1. The maximum absolute atomic E-state index is 13.1. The third-order valence-electron chi connectivity index (χ3n) is 5.22. The SMILES string of the molecule is O=C(NS(=O)(=O)c1cccc(Br)c1)c1cc2cc(Cl)ccc2n1CCCCOc1ccccc1. The summed E-state index contributed by atoms with van der Waals surface area (Å²) in [5.41, 5.74) is 1.05. The predicted octanol–water partition coefficient (Wildman–Crippen LogP) is 6.04. The number of para-hydroxylation sites is 1. The smallest absolute Gasteiger partial charge is 0.281 e. The molecule has 34 heavy (non-hydrogen) atoms. The third-order valence-corrected chi connectivity index (χ3v) is 7.27. The molecule has 4 rings (SSSR count). The van der Waals surface area contributed by atoms with Crippen LogP contribution in [0.15, 0.2) is 88.2 Å². The second kappa shape index (κ2) is 10.6. The molecule has 1 amide bonds. The lowest BCUT2D eigenvalue weighted by Crippen LogP contribution is -2.32. The van der Waals surface area contributed by atoms with E-state index in [0.717, 1.165) is 29.5 Å². The van der Waals surface area contributed by atoms with Crippen molar-refractivity contribution in [2.45, 2.75) is 24.3 Å². The molecule has 0 saturated heterocycles. The van der Waals surface area contributed by atoms with Gasteiger partial charge in [0.25, 0.3) is 15.9 Å². The summed E-state index contributed by atoms with van der Waals surface area (Å²) in [4.78, 5) is 13.1. The van der Waals surface area contributed by atoms with Crippen LogP contribution in [0.25, 0.3) is 10.9 Å². The minimum Gasteiger partial charge on any atom is -0.494 e. The molecule has 3 aromatic carbocycles. The van der Waals surface area contributed by atoms with Crippen LogP contribution in [0.2, 0.25) is 5.02 Å². The van der Waals surface area contributed by atoms with E-state index in [1.807, 2.05) is 41.0 Å². The number of halogens is 2. The molecule has 6 nitrogen and oxygen atoms in total. The lowest BCUT2D eigenvalue weighted by molar-refractivity contribution is 0.0972. The second-order valence-electron chi connectivity index (χ2n) is 7.64. The Morgan fingerprint density at radius 1 is 0.971 bits per heavy atom. The second-order valence-corrected chi connectivity index (χ2v) is 10.7. The molecule has 0 radical (unpaired) electrons. The first-order chi connectivity index (χ1) is 16.3. The number of rotatable bonds is 9. The average molecular weight is 562 g/mol. The number of carbonyl (C=O) groups is 1. The molecule has 1 heterocycles. The number of sulfonamides is 1. The van der Waals surface area contributed by atoms with Crippen LogP contribution in [0, 0.1) is 0 Å². The first kappa shape index (κ1) is 24.3. The molecule has 9 heteroatoms. The van der Waals surface area contributed by atoms with Gasteiger partial charge in [-0.1, -0.05) is 51.8 Å². The summed E-state index contributed by atoms with van der Waals surface area (Å²) in [7, 11) is -4.04. The van der Waals surface area contributed by atoms with Crippen molar-refractivity contribution in [1.29, 1.82) is 0 Å². The number of hydrogen-bond donors (Lipinski definition) is 1. The molecule has 0 saturated carbocycles. The Bertz CT molecular complexity index is 1420. The van der Waals surface area contributed by atoms with Gasteiger partial charge in [0.1, 0.15) is 11.4 Å². The fourth-order valence-electron chi connectivity index (χ4n) is 3.62. The van der Waals surface area contributed by atoms with Gasteiger partial charge in [0, 0.05) is 26.9 Å². The van der Waals surface area contributed by atoms with E-state index >= 15 is 0 Å². The molecule has 4 aromatic rings. The Hall–Kier alpha value is -2.81. The Morgan fingerprint density at radius 3 is 2.53 bits per heavy atom. The summed E-state index contributed by atoms with van der Waals surface area (Å²) in [6.45, 7) is 1.05. The quantitative estimate of drug-likeness (QED) is 0.253. The molecule has 1 N–H and O–H groups in total. The summed E-state index contributed by atoms with van der Waals surface area (Å²) in [6.07, 6.45) is 1.50. The van der Waals surface area contributed by atoms with E-state index in [9.17, 15) is 13.2 Å². The van der Waals surface area contributed by atoms with Crippen molar-refractivity contribution in [3.63, 3.8) is 0 Å². The van der Waals surface area contributed by atoms with E-state index in [4.69, 9.17) is 16.3 Å². The lowest BCUT2D eigenvalue weighted by Gasteiger charge is -2.12. The van der Waals surface area contributed by atoms with Crippen LogP contribution in [0.5, 0.6) is 5.75 Å². The van der Waals surface area contributed by atoms with E-state index in [1.165, 1.54) is 12.1 Å². The highest BCUT2D eigenvalue weighted by Gasteiger charge is 2.22. The van der Waals surface area contributed by atoms with Crippen molar-refractivity contribution in [2.75, 3.05) is 6.61 Å². The topological polar surface area (TPSA) is 77.4 Å². The van der Waals surface area contributed by atoms with Gasteiger partial charge in [-0.3, -0.25) is 4.79 Å². The summed E-state index contributed by atoms with van der Waals surface area (Å²) in [5.74, 6) is 0.106. The zero-order chi connectivity index (χ0) is 24.1. The number of nitrogens with zero attached hydrogens (tertiary/aromatic N) is 1. The van der Waals surface area contributed by atoms with Gasteiger partial charge in [-0.05, 0) is 67.4 Å². The number of amides is 1. The van der Waals surface area contributed by atoms with Crippen molar-refractivity contribution in [2.24, 2.45) is 0 Å². The van der Waals surface area contributed by atoms with Gasteiger partial charge in [-0.15, -0.1) is 0 Å². The number of benzene rings is 3. The standard InChI is InChI=1S/C25H22BrClN2O4S/c26-19-7-6-10-22(17-19)34(31,32)28-25(30)24-16-18-15-20(27)11-12-23(18)29(24)13-4-5-14-33-21-8-2-1-3-9-21/h1-3,6-12,15-17H,4-5,13-14H2,(H,28,30). The zero-order valence-corrected chi connectivity index (χ0v) is 21.2. The van der Waals surface area contributed by atoms with Crippen LogP contribution in [0.1, 0.15) is 23.3 Å². The van der Waals surface area contributed by atoms with Crippen molar-refractivity contribution in [3.05, 3.63) is 94.1 Å². The lowest BCUT2D eigenvalue weighted by atomic mass is 10.2. The first-order valence-corrected chi connectivity index (χ1v) is 13.3. The molecule has 0 bridgehead atoms. The molecule has 0 aliphatic carbocycles. The summed E-state index contributed by atoms with van der Waals surface area (Å²) in [6, 6.07) is 22.7. The minimum absolute atomic E-state index is 0.000934. The van der Waals surface area contributed by atoms with Crippen LogP contribution in [-0.2, 0) is 16.6 Å². The molecule has 0 fully saturated rings. The Labute approximate surface area is 211 Å². The maximum atomic E-state index is 13.1. The highest BCUT2D eigenvalue weighted by atomic mass is 79.9. The van der Waals surface area contributed by atoms with Crippen LogP contribution < -0.4 is 9.46 Å². The summed E-state index contributed by atoms with van der Waals surface area (Å²) >= 11 is 9.40. The fourth-order valence-corrected chi connectivity index (χ4v) is 5.35. The van der Waals surface area contributed by atoms with E-state index in [2.05, 4.69) is 20.7 Å². The summed E-state index contributed by atoms with van der Waals surface area (Å²) < 4.78 is 35.9. The van der Waals surface area contributed by atoms with Gasteiger partial charge in [0.2, 0.25) is 0 Å². The van der Waals surface area contributed by atoms with E-state index < -0.39 is 15.9 Å². The molecule has 0 aliphatic heterocycles. The monoisotopic (exact) mass is 560 g/mol. The Balaban J connectivity index is 1.52. The van der Waals surface area contributed by atoms with Crippen molar-refractivity contribution < 1.29 is 17.9 Å². The number of unbranched alkanes of at least 4 members (excludes halogenated alkanes) is 1. The van der Waals surface area contributed by atoms with Crippen LogP contribution in [-0.4, -0.2) is 25.5 Å². The molecular weight excluding hydrogens is 540 g/mol. The predicted molar refractivity (Wildman–Crippen MR) is 137 cm³/mol. The van der Waals surface area contributed by atoms with Crippen LogP contribution >= 0.6 is 27.5 Å². The van der Waals surface area contributed by atoms with Crippen LogP contribution in [0.4, 0.5) is 0 Å². The van der Waals surface area contributed by atoms with E-state index in [0.29, 0.717) is 22.6 Å². The van der Waals surface area contributed by atoms with E-state index in [-0.39, 0.29) is 10.6 Å². The van der Waals surface area contributed by atoms with Crippen molar-refractivity contribution in [1.82, 2.24) is 9.29 Å². The van der Waals surface area contributed by atoms with E-state index in [1.54, 1.807) is 30.3 Å². The van der Waals surface area contributed by atoms with Gasteiger partial charge in [-0.2, -0.15) is 0 Å². The van der Waals surface area contributed by atoms with Gasteiger partial charge >= 0.3 is 0 Å². The number of fused-ring (bicyclic) bond motifs is 1. The third kappa shape index (κ3) is 5.81. The number of nitrogens with one attached hydrogen (secondary N) is 1. The first-order valence-electron chi connectivity index (χ1n) is 10.6. The van der Waals surface area contributed by atoms with Gasteiger partial charge in [0.05, 0.1) is 11.5 Å². The number of hydrogen-bond acceptors (Lipinski definition) is 4. The van der Waals surface area contributed by atoms with Crippen LogP contribution in [0.3, 0.4) is 0 Å². The summed E-state index contributed by atoms with van der Waals surface area (Å²) in [5, 5.41) is 1.30. The molecule has 0 unspecified atom stereocenters. The molecule has 0 spiro atoms. The highest BCUT2D eigenvalue weighted by Crippen LogP contribution is 2.25. The molecular formula is C25H22BrClN2O4S. The highest BCUT2D eigenvalue weighted by molar-refractivity contribution is 9.10. The number of aromatic nitrogens is 1. The van der Waals surface area contributed by atoms with Crippen molar-refractivity contribution in [3.8, 4) is 5.75 Å². The average Bonchev–Trinajstić information content (AvgIpc) is 3.17.